The number of esters is 1. The first kappa shape index (κ1) is 71.1. The molecular formula is C62H96F2N2O6. The predicted octanol–water partition coefficient (Wildman–Crippen LogP) is 17.0. The molecule has 4 aromatic carbocycles. The van der Waals surface area contributed by atoms with Crippen LogP contribution in [0.15, 0.2) is 78.9 Å². The number of hydrogen-bond donors (Lipinski definition) is 0. The first-order valence-corrected chi connectivity index (χ1v) is 25.3. The van der Waals surface area contributed by atoms with Gasteiger partial charge in [0.15, 0.2) is 0 Å². The van der Waals surface area contributed by atoms with Crippen molar-refractivity contribution in [2.24, 2.45) is 17.8 Å². The van der Waals surface area contributed by atoms with Gasteiger partial charge in [0.05, 0.1) is 56.3 Å². The van der Waals surface area contributed by atoms with Gasteiger partial charge in [0.25, 0.3) is 0 Å². The fraction of sp³-hybridized carbons (Fsp3) is 0.565. The van der Waals surface area contributed by atoms with Crippen molar-refractivity contribution in [1.29, 1.82) is 10.5 Å². The molecular weight excluding hydrogens is 907 g/mol. The number of halogens is 2. The van der Waals surface area contributed by atoms with Crippen molar-refractivity contribution < 1.29 is 37.3 Å². The minimum absolute atomic E-state index is 0. The molecule has 0 unspecified atom stereocenters. The Morgan fingerprint density at radius 1 is 0.611 bits per heavy atom. The summed E-state index contributed by atoms with van der Waals surface area (Å²) in [4.78, 5) is 11.3. The van der Waals surface area contributed by atoms with Gasteiger partial charge in [0.1, 0.15) is 29.5 Å². The number of carbonyl (C=O) groups excluding carboxylic acids is 1. The quantitative estimate of drug-likeness (QED) is 0.0534. The molecule has 404 valence electrons. The summed E-state index contributed by atoms with van der Waals surface area (Å²) in [6.45, 7) is 31.7. The molecule has 72 heavy (non-hydrogen) atoms. The zero-order chi connectivity index (χ0) is 52.9. The van der Waals surface area contributed by atoms with E-state index in [0.29, 0.717) is 79.8 Å². The summed E-state index contributed by atoms with van der Waals surface area (Å²) < 4.78 is 52.2. The van der Waals surface area contributed by atoms with Gasteiger partial charge in [-0.3, -0.25) is 0 Å². The van der Waals surface area contributed by atoms with E-state index < -0.39 is 0 Å². The highest BCUT2D eigenvalue weighted by molar-refractivity contribution is 5.89. The average Bonchev–Trinajstić information content (AvgIpc) is 3.31. The minimum Gasteiger partial charge on any atom is -0.493 e. The highest BCUT2D eigenvalue weighted by Crippen LogP contribution is 2.20. The van der Waals surface area contributed by atoms with Gasteiger partial charge in [-0.1, -0.05) is 140 Å². The van der Waals surface area contributed by atoms with E-state index >= 15 is 0 Å². The van der Waals surface area contributed by atoms with Crippen molar-refractivity contribution in [3.05, 3.63) is 135 Å². The topological polar surface area (TPSA) is 111 Å². The molecule has 0 aliphatic carbocycles. The monoisotopic (exact) mass is 1000 g/mol. The fourth-order valence-corrected chi connectivity index (χ4v) is 6.43. The van der Waals surface area contributed by atoms with Crippen LogP contribution in [-0.4, -0.2) is 59.3 Å². The maximum absolute atomic E-state index is 13.2. The van der Waals surface area contributed by atoms with E-state index in [1.165, 1.54) is 49.4 Å². The maximum atomic E-state index is 13.2. The van der Waals surface area contributed by atoms with Gasteiger partial charge in [-0.2, -0.15) is 10.5 Å². The SMILES string of the molecule is C.C.CC(C)c1ccc(C#N)c(C#N)c1.CCOC(=O)c1ccc(C(C)C)cc1.COCCOCCOCCC(C)C.Cc1cc(F)cc(OCCCCCCC(C)C)c1.Cc1cccc(F)c1CC(C)C. The second-order valence-corrected chi connectivity index (χ2v) is 19.1. The fourth-order valence-electron chi connectivity index (χ4n) is 6.43. The highest BCUT2D eigenvalue weighted by atomic mass is 19.1. The van der Waals surface area contributed by atoms with Crippen LogP contribution in [0, 0.1) is 65.9 Å². The zero-order valence-corrected chi connectivity index (χ0v) is 45.4. The summed E-state index contributed by atoms with van der Waals surface area (Å²) in [5.41, 5.74) is 6.70. The first-order chi connectivity index (χ1) is 33.3. The summed E-state index contributed by atoms with van der Waals surface area (Å²) in [7, 11) is 1.67. The van der Waals surface area contributed by atoms with Crippen molar-refractivity contribution >= 4 is 5.97 Å². The average molecular weight is 1000 g/mol. The predicted molar refractivity (Wildman–Crippen MR) is 297 cm³/mol. The van der Waals surface area contributed by atoms with E-state index in [2.05, 4.69) is 69.2 Å². The number of carbonyl (C=O) groups is 1. The van der Waals surface area contributed by atoms with Gasteiger partial charge in [-0.25, -0.2) is 13.6 Å². The van der Waals surface area contributed by atoms with Crippen LogP contribution in [0.1, 0.15) is 191 Å². The third-order valence-electron chi connectivity index (χ3n) is 10.6. The molecule has 0 amide bonds. The van der Waals surface area contributed by atoms with E-state index in [4.69, 9.17) is 34.2 Å². The second-order valence-electron chi connectivity index (χ2n) is 19.1. The van der Waals surface area contributed by atoms with Crippen LogP contribution in [0.2, 0.25) is 0 Å². The molecule has 0 spiro atoms. The Morgan fingerprint density at radius 3 is 1.69 bits per heavy atom. The Labute approximate surface area is 437 Å². The molecule has 8 nitrogen and oxygen atoms in total. The Morgan fingerprint density at radius 2 is 1.18 bits per heavy atom. The van der Waals surface area contributed by atoms with E-state index in [0.717, 1.165) is 60.0 Å². The molecule has 0 aromatic heterocycles. The Kier molecular flexibility index (Phi) is 42.9. The number of hydrogen-bond acceptors (Lipinski definition) is 8. The Bertz CT molecular complexity index is 2030. The van der Waals surface area contributed by atoms with E-state index in [1.54, 1.807) is 32.2 Å². The number of methoxy groups -OCH3 is 1. The highest BCUT2D eigenvalue weighted by Gasteiger charge is 2.08. The molecule has 0 saturated heterocycles. The van der Waals surface area contributed by atoms with Crippen LogP contribution < -0.4 is 4.74 Å². The number of ether oxygens (including phenoxy) is 5. The molecule has 0 bridgehead atoms. The van der Waals surface area contributed by atoms with Crippen LogP contribution in [0.4, 0.5) is 8.78 Å². The second kappa shape index (κ2) is 43.5. The lowest BCUT2D eigenvalue weighted by molar-refractivity contribution is 0.0226. The molecule has 0 radical (unpaired) electrons. The van der Waals surface area contributed by atoms with Gasteiger partial charge in [-0.05, 0) is 140 Å². The summed E-state index contributed by atoms with van der Waals surface area (Å²) in [5, 5.41) is 17.4. The molecule has 0 saturated carbocycles. The van der Waals surface area contributed by atoms with Crippen molar-refractivity contribution in [3.8, 4) is 17.9 Å². The van der Waals surface area contributed by atoms with Gasteiger partial charge < -0.3 is 23.7 Å². The molecule has 0 fully saturated rings. The van der Waals surface area contributed by atoms with Crippen LogP contribution in [0.3, 0.4) is 0 Å². The molecule has 0 aliphatic heterocycles. The maximum Gasteiger partial charge on any atom is 0.338 e. The van der Waals surface area contributed by atoms with Crippen LogP contribution >= 0.6 is 0 Å². The number of unbranched alkanes of at least 4 members (excludes halogenated alkanes) is 3. The number of benzene rings is 4. The van der Waals surface area contributed by atoms with Crippen LogP contribution in [-0.2, 0) is 25.4 Å². The summed E-state index contributed by atoms with van der Waals surface area (Å²) in [6, 6.07) is 27.0. The van der Waals surface area contributed by atoms with Crippen molar-refractivity contribution in [2.75, 3.05) is 53.4 Å². The minimum atomic E-state index is -0.247. The third kappa shape index (κ3) is 35.1. The lowest BCUT2D eigenvalue weighted by Crippen LogP contribution is -2.09. The largest absolute Gasteiger partial charge is 0.493 e. The lowest BCUT2D eigenvalue weighted by atomic mass is 9.98. The molecule has 0 atom stereocenters. The van der Waals surface area contributed by atoms with E-state index in [1.807, 2.05) is 68.5 Å². The Hall–Kier alpha value is -5.13. The summed E-state index contributed by atoms with van der Waals surface area (Å²) >= 11 is 0. The molecule has 4 rings (SSSR count). The molecule has 0 N–H and O–H groups in total. The first-order valence-electron chi connectivity index (χ1n) is 25.3. The van der Waals surface area contributed by atoms with Crippen LogP contribution in [0.25, 0.3) is 0 Å². The van der Waals surface area contributed by atoms with Gasteiger partial charge in [-0.15, -0.1) is 0 Å². The van der Waals surface area contributed by atoms with E-state index in [9.17, 15) is 13.6 Å². The third-order valence-corrected chi connectivity index (χ3v) is 10.6. The van der Waals surface area contributed by atoms with Gasteiger partial charge in [0, 0.05) is 19.8 Å². The number of nitrogens with zero attached hydrogens (tertiary/aromatic N) is 2. The standard InChI is InChI=1S/C16H25FO.C12H16O2.C11H15F.C11H10N2.C10H22O3.2CH4/c1-13(2)8-6-4-5-7-9-18-16-11-14(3)10-15(17)12-16;1-4-14-12(13)11-7-5-10(6-8-11)9(2)3;1-8(2)7-10-9(3)5-4-6-11(10)12;1-8(2)9-3-4-10(6-12)11(5-9)7-13;1-10(2)4-5-12-8-9-13-7-6-11-3;;/h10-13H,4-9H2,1-3H3;5-9H,4H2,1-3H3;4-6,8H,7H2,1-3H3;3-5,8H,1-2H3;10H,4-9H2,1-3H3;2*1H4. The van der Waals surface area contributed by atoms with Crippen molar-refractivity contribution in [3.63, 3.8) is 0 Å². The smallest absolute Gasteiger partial charge is 0.338 e. The van der Waals surface area contributed by atoms with Crippen LogP contribution in [0.5, 0.6) is 5.75 Å². The zero-order valence-electron chi connectivity index (χ0n) is 45.4. The molecule has 10 heteroatoms. The van der Waals surface area contributed by atoms with Crippen molar-refractivity contribution in [2.45, 2.75) is 162 Å². The molecule has 0 aliphatic rings. The molecule has 0 heterocycles. The van der Waals surface area contributed by atoms with Crippen molar-refractivity contribution in [1.82, 2.24) is 0 Å². The lowest BCUT2D eigenvalue weighted by Gasteiger charge is -2.08. The Balaban J connectivity index is -0.000000827. The normalized spacial score (nSPS) is 10.2. The molecule has 4 aromatic rings. The van der Waals surface area contributed by atoms with E-state index in [-0.39, 0.29) is 32.5 Å². The number of rotatable bonds is 23. The summed E-state index contributed by atoms with van der Waals surface area (Å²) in [6.07, 6.45) is 8.08. The van der Waals surface area contributed by atoms with Gasteiger partial charge >= 0.3 is 5.97 Å². The summed E-state index contributed by atoms with van der Waals surface area (Å²) in [5.74, 6) is 3.03. The number of aryl methyl sites for hydroxylation is 2. The number of nitriles is 2. The van der Waals surface area contributed by atoms with Gasteiger partial charge in [0.2, 0.25) is 0 Å².